The lowest BCUT2D eigenvalue weighted by Crippen LogP contribution is -2.32. The van der Waals surface area contributed by atoms with E-state index in [2.05, 4.69) is 15.9 Å². The van der Waals surface area contributed by atoms with E-state index < -0.39 is 17.7 Å². The standard InChI is InChI=1S/C19H15BrClNO4/c20-13-5-1-11(2-6-13)16-15(18(25)19(26)22(16)9-10-23)17(24)12-3-7-14(21)8-4-12/h1-8,16,23-24H,9-10H2/b17-15+. The number of aliphatic hydroxyl groups is 2. The Morgan fingerprint density at radius 3 is 2.27 bits per heavy atom. The molecule has 26 heavy (non-hydrogen) atoms. The van der Waals surface area contributed by atoms with Crippen LogP contribution in [-0.2, 0) is 9.59 Å². The summed E-state index contributed by atoms with van der Waals surface area (Å²) in [4.78, 5) is 26.3. The van der Waals surface area contributed by atoms with Crippen LogP contribution in [-0.4, -0.2) is 40.0 Å². The largest absolute Gasteiger partial charge is 0.507 e. The molecule has 0 aromatic heterocycles. The summed E-state index contributed by atoms with van der Waals surface area (Å²) in [5.74, 6) is -1.80. The maximum atomic E-state index is 12.6. The summed E-state index contributed by atoms with van der Waals surface area (Å²) in [6, 6.07) is 12.7. The molecular formula is C19H15BrClNO4. The van der Waals surface area contributed by atoms with Gasteiger partial charge < -0.3 is 15.1 Å². The highest BCUT2D eigenvalue weighted by Gasteiger charge is 2.45. The van der Waals surface area contributed by atoms with Gasteiger partial charge in [-0.15, -0.1) is 0 Å². The number of carbonyl (C=O) groups excluding carboxylic acids is 2. The number of hydrogen-bond acceptors (Lipinski definition) is 4. The SMILES string of the molecule is O=C1C(=O)N(CCO)C(c2ccc(Br)cc2)/C1=C(\O)c1ccc(Cl)cc1. The second-order valence-corrected chi connectivity index (χ2v) is 7.13. The zero-order chi connectivity index (χ0) is 18.8. The molecule has 1 aliphatic heterocycles. The van der Waals surface area contributed by atoms with Gasteiger partial charge in [0.2, 0.25) is 0 Å². The average molecular weight is 437 g/mol. The van der Waals surface area contributed by atoms with Gasteiger partial charge in [-0.3, -0.25) is 9.59 Å². The summed E-state index contributed by atoms with van der Waals surface area (Å²) in [5, 5.41) is 20.5. The second-order valence-electron chi connectivity index (χ2n) is 5.77. The number of Topliss-reactive ketones (excluding diaryl/α,β-unsaturated/α-hetero) is 1. The molecule has 0 bridgehead atoms. The van der Waals surface area contributed by atoms with E-state index in [0.717, 1.165) is 4.47 Å². The fourth-order valence-electron chi connectivity index (χ4n) is 2.97. The first-order valence-electron chi connectivity index (χ1n) is 7.84. The maximum absolute atomic E-state index is 12.6. The summed E-state index contributed by atoms with van der Waals surface area (Å²) in [6.07, 6.45) is 0. The number of carbonyl (C=O) groups is 2. The Bertz CT molecular complexity index is 877. The third kappa shape index (κ3) is 3.40. The van der Waals surface area contributed by atoms with Crippen LogP contribution in [0, 0.1) is 0 Å². The maximum Gasteiger partial charge on any atom is 0.295 e. The minimum atomic E-state index is -0.779. The second kappa shape index (κ2) is 7.61. The van der Waals surface area contributed by atoms with Gasteiger partial charge in [-0.2, -0.15) is 0 Å². The molecule has 1 saturated heterocycles. The first-order valence-corrected chi connectivity index (χ1v) is 9.02. The Balaban J connectivity index is 2.17. The smallest absolute Gasteiger partial charge is 0.295 e. The van der Waals surface area contributed by atoms with Gasteiger partial charge in [-0.1, -0.05) is 39.7 Å². The predicted octanol–water partition coefficient (Wildman–Crippen LogP) is 3.52. The number of likely N-dealkylation sites (tertiary alicyclic amines) is 1. The van der Waals surface area contributed by atoms with Crippen molar-refractivity contribution < 1.29 is 19.8 Å². The van der Waals surface area contributed by atoms with Crippen molar-refractivity contribution in [2.24, 2.45) is 0 Å². The molecule has 3 rings (SSSR count). The van der Waals surface area contributed by atoms with Crippen LogP contribution in [0.3, 0.4) is 0 Å². The Morgan fingerprint density at radius 1 is 1.08 bits per heavy atom. The average Bonchev–Trinajstić information content (AvgIpc) is 2.88. The molecule has 0 radical (unpaired) electrons. The number of hydrogen-bond donors (Lipinski definition) is 2. The highest BCUT2D eigenvalue weighted by molar-refractivity contribution is 9.10. The zero-order valence-corrected chi connectivity index (χ0v) is 15.9. The van der Waals surface area contributed by atoms with Crippen molar-refractivity contribution in [2.45, 2.75) is 6.04 Å². The van der Waals surface area contributed by atoms with Crippen molar-refractivity contribution in [2.75, 3.05) is 13.2 Å². The van der Waals surface area contributed by atoms with Crippen LogP contribution in [0.4, 0.5) is 0 Å². The van der Waals surface area contributed by atoms with Crippen LogP contribution in [0.1, 0.15) is 17.2 Å². The van der Waals surface area contributed by atoms with Crippen molar-refractivity contribution in [1.82, 2.24) is 4.90 Å². The topological polar surface area (TPSA) is 77.8 Å². The summed E-state index contributed by atoms with van der Waals surface area (Å²) in [6.45, 7) is -0.302. The molecular weight excluding hydrogens is 422 g/mol. The van der Waals surface area contributed by atoms with Gasteiger partial charge in [-0.25, -0.2) is 0 Å². The van der Waals surface area contributed by atoms with E-state index in [1.165, 1.54) is 4.90 Å². The van der Waals surface area contributed by atoms with Gasteiger partial charge in [0.25, 0.3) is 11.7 Å². The first kappa shape index (κ1) is 18.6. The van der Waals surface area contributed by atoms with Gasteiger partial charge >= 0.3 is 0 Å². The van der Waals surface area contributed by atoms with Gasteiger partial charge in [0.05, 0.1) is 18.2 Å². The number of aliphatic hydroxyl groups excluding tert-OH is 2. The van der Waals surface area contributed by atoms with E-state index >= 15 is 0 Å². The van der Waals surface area contributed by atoms with Crippen LogP contribution in [0.15, 0.2) is 58.6 Å². The summed E-state index contributed by atoms with van der Waals surface area (Å²) >= 11 is 9.22. The lowest BCUT2D eigenvalue weighted by molar-refractivity contribution is -0.140. The Hall–Kier alpha value is -2.15. The van der Waals surface area contributed by atoms with Gasteiger partial charge in [0, 0.05) is 21.6 Å². The first-order chi connectivity index (χ1) is 12.4. The molecule has 0 saturated carbocycles. The minimum Gasteiger partial charge on any atom is -0.507 e. The van der Waals surface area contributed by atoms with Crippen molar-refractivity contribution in [1.29, 1.82) is 0 Å². The summed E-state index contributed by atoms with van der Waals surface area (Å²) < 4.78 is 0.845. The Labute approximate surface area is 163 Å². The van der Waals surface area contributed by atoms with Crippen LogP contribution in [0.2, 0.25) is 5.02 Å². The molecule has 2 aromatic rings. The Kier molecular flexibility index (Phi) is 5.46. The molecule has 2 N–H and O–H groups in total. The zero-order valence-electron chi connectivity index (χ0n) is 13.5. The monoisotopic (exact) mass is 435 g/mol. The molecule has 5 nitrogen and oxygen atoms in total. The third-order valence-corrected chi connectivity index (χ3v) is 4.96. The minimum absolute atomic E-state index is 0.00639. The number of ketones is 1. The number of halogens is 2. The molecule has 1 aliphatic rings. The fourth-order valence-corrected chi connectivity index (χ4v) is 3.36. The normalized spacial score (nSPS) is 19.2. The third-order valence-electron chi connectivity index (χ3n) is 4.18. The van der Waals surface area contributed by atoms with Gasteiger partial charge in [-0.05, 0) is 42.0 Å². The molecule has 1 atom stereocenters. The van der Waals surface area contributed by atoms with Crippen LogP contribution >= 0.6 is 27.5 Å². The number of nitrogens with zero attached hydrogens (tertiary/aromatic N) is 1. The van der Waals surface area contributed by atoms with Crippen molar-refractivity contribution in [3.05, 3.63) is 74.7 Å². The van der Waals surface area contributed by atoms with E-state index in [1.807, 2.05) is 0 Å². The molecule has 1 unspecified atom stereocenters. The van der Waals surface area contributed by atoms with E-state index in [4.69, 9.17) is 11.6 Å². The number of rotatable bonds is 4. The molecule has 0 aliphatic carbocycles. The van der Waals surface area contributed by atoms with E-state index in [1.54, 1.807) is 48.5 Å². The van der Waals surface area contributed by atoms with E-state index in [0.29, 0.717) is 16.1 Å². The molecule has 1 fully saturated rings. The highest BCUT2D eigenvalue weighted by atomic mass is 79.9. The number of benzene rings is 2. The van der Waals surface area contributed by atoms with Crippen LogP contribution in [0.5, 0.6) is 0 Å². The number of amides is 1. The van der Waals surface area contributed by atoms with Crippen molar-refractivity contribution in [3.8, 4) is 0 Å². The summed E-state index contributed by atoms with van der Waals surface area (Å²) in [5.41, 5.74) is 1.04. The summed E-state index contributed by atoms with van der Waals surface area (Å²) in [7, 11) is 0. The molecule has 7 heteroatoms. The van der Waals surface area contributed by atoms with E-state index in [-0.39, 0.29) is 24.5 Å². The highest BCUT2D eigenvalue weighted by Crippen LogP contribution is 2.39. The molecule has 134 valence electrons. The van der Waals surface area contributed by atoms with Crippen LogP contribution < -0.4 is 0 Å². The van der Waals surface area contributed by atoms with E-state index in [9.17, 15) is 19.8 Å². The predicted molar refractivity (Wildman–Crippen MR) is 102 cm³/mol. The van der Waals surface area contributed by atoms with Gasteiger partial charge in [0.15, 0.2) is 0 Å². The molecule has 1 amide bonds. The molecule has 2 aromatic carbocycles. The fraction of sp³-hybridized carbons (Fsp3) is 0.158. The Morgan fingerprint density at radius 2 is 1.69 bits per heavy atom. The number of β-amino-alcohol motifs (C(OH)–C–C–N with tert-alkyl or cyclic N) is 1. The molecule has 0 spiro atoms. The van der Waals surface area contributed by atoms with Gasteiger partial charge in [0.1, 0.15) is 5.76 Å². The lowest BCUT2D eigenvalue weighted by atomic mass is 9.95. The lowest BCUT2D eigenvalue weighted by Gasteiger charge is -2.24. The quantitative estimate of drug-likeness (QED) is 0.437. The van der Waals surface area contributed by atoms with Crippen molar-refractivity contribution in [3.63, 3.8) is 0 Å². The van der Waals surface area contributed by atoms with Crippen LogP contribution in [0.25, 0.3) is 5.76 Å². The molecule has 1 heterocycles. The van der Waals surface area contributed by atoms with Crippen molar-refractivity contribution >= 4 is 45.0 Å².